The lowest BCUT2D eigenvalue weighted by Gasteiger charge is -2.25. The Morgan fingerprint density at radius 1 is 0.891 bits per heavy atom. The molecular weight excluding hydrogens is 718 g/mol. The molecule has 8 amide bonds. The fourth-order valence-electron chi connectivity index (χ4n) is 5.53. The number of aliphatic imine (C=N–C) groups is 1. The number of amides is 8. The lowest BCUT2D eigenvalue weighted by Crippen LogP contribution is -2.58. The van der Waals surface area contributed by atoms with Crippen LogP contribution < -0.4 is 59.2 Å². The maximum atomic E-state index is 13.8. The van der Waals surface area contributed by atoms with Gasteiger partial charge in [0.05, 0.1) is 13.7 Å². The molecule has 1 aliphatic rings. The zero-order chi connectivity index (χ0) is 40.9. The first-order valence-electron chi connectivity index (χ1n) is 18.1. The number of hydrogen-bond donors (Lipinski definition) is 10. The highest BCUT2D eigenvalue weighted by molar-refractivity contribution is 5.96. The third-order valence-electron chi connectivity index (χ3n) is 8.50. The summed E-state index contributed by atoms with van der Waals surface area (Å²) < 4.78 is 5.21. The molecule has 1 saturated heterocycles. The van der Waals surface area contributed by atoms with E-state index in [0.717, 1.165) is 6.42 Å². The van der Waals surface area contributed by atoms with Gasteiger partial charge in [0, 0.05) is 32.9 Å². The number of guanidine groups is 1. The van der Waals surface area contributed by atoms with E-state index in [1.165, 1.54) is 14.0 Å². The Morgan fingerprint density at radius 3 is 2.20 bits per heavy atom. The predicted octanol–water partition coefficient (Wildman–Crippen LogP) is -3.17. The summed E-state index contributed by atoms with van der Waals surface area (Å²) in [5.74, 6) is -5.29. The molecule has 0 aromatic heterocycles. The first-order chi connectivity index (χ1) is 26.1. The molecule has 20 nitrogen and oxygen atoms in total. The van der Waals surface area contributed by atoms with Crippen molar-refractivity contribution in [3.05, 3.63) is 29.8 Å². The molecule has 13 N–H and O–H groups in total. The van der Waals surface area contributed by atoms with Crippen molar-refractivity contribution in [3.63, 3.8) is 0 Å². The molecule has 304 valence electrons. The minimum atomic E-state index is -1.30. The van der Waals surface area contributed by atoms with Crippen LogP contribution in [0.15, 0.2) is 29.3 Å². The maximum Gasteiger partial charge on any atom is 0.243 e. The maximum absolute atomic E-state index is 13.8. The van der Waals surface area contributed by atoms with Crippen LogP contribution in [0.1, 0.15) is 70.8 Å². The Balaban J connectivity index is 2.45. The van der Waals surface area contributed by atoms with E-state index in [1.807, 2.05) is 6.92 Å². The second-order valence-corrected chi connectivity index (χ2v) is 13.0. The Morgan fingerprint density at radius 2 is 1.58 bits per heavy atom. The van der Waals surface area contributed by atoms with Crippen LogP contribution >= 0.6 is 0 Å². The van der Waals surface area contributed by atoms with Gasteiger partial charge in [-0.25, -0.2) is 0 Å². The van der Waals surface area contributed by atoms with Crippen molar-refractivity contribution in [3.8, 4) is 5.75 Å². The highest BCUT2D eigenvalue weighted by atomic mass is 16.5. The molecule has 0 bridgehead atoms. The number of nitrogens with zero attached hydrogens (tertiary/aromatic N) is 1. The zero-order valence-corrected chi connectivity index (χ0v) is 31.5. The van der Waals surface area contributed by atoms with E-state index in [4.69, 9.17) is 21.9 Å². The quantitative estimate of drug-likeness (QED) is 0.0511. The van der Waals surface area contributed by atoms with Crippen LogP contribution in [0.25, 0.3) is 0 Å². The predicted molar refractivity (Wildman–Crippen MR) is 201 cm³/mol. The largest absolute Gasteiger partial charge is 0.497 e. The van der Waals surface area contributed by atoms with Crippen molar-refractivity contribution >= 4 is 53.2 Å². The Hall–Kier alpha value is -5.95. The molecule has 20 heteroatoms. The van der Waals surface area contributed by atoms with E-state index in [-0.39, 0.29) is 57.6 Å². The Bertz CT molecular complexity index is 1530. The van der Waals surface area contributed by atoms with Crippen molar-refractivity contribution in [1.82, 2.24) is 37.2 Å². The molecule has 1 fully saturated rings. The molecule has 5 atom stereocenters. The SMILES string of the molecule is CCCC[C@H](NC(C)=O)C(=O)NC1CCC(=O)NCCC(C(N)=O)NC(=O)[C@H](CCCN=C(N)N)NC(=O)C(Cc2ccc(OC)cc2)NC(=O)CNC1=O. The molecule has 0 aliphatic carbocycles. The van der Waals surface area contributed by atoms with Crippen LogP contribution in [0.3, 0.4) is 0 Å². The third-order valence-corrected chi connectivity index (χ3v) is 8.50. The molecule has 1 heterocycles. The standard InChI is InChI=1S/C35H55N11O9/c1-4-5-7-24(42-20(2)47)32(52)46-26-13-14-28(48)39-17-15-23(30(36)50)44-33(53)25(8-6-16-40-35(37)38)45-34(54)27(43-29(49)19-41-31(26)51)18-21-9-11-22(55-3)12-10-21/h9-12,23-27H,4-8,13-19H2,1-3H3,(H2,36,50)(H,39,48)(H,41,51)(H,42,47)(H,43,49)(H,44,53)(H,45,54)(H,46,52)(H4,37,38,40)/t23?,24-,25-,26?,27?/m0/s1. The number of ether oxygens (including phenoxy) is 1. The number of rotatable bonds is 14. The van der Waals surface area contributed by atoms with Gasteiger partial charge >= 0.3 is 0 Å². The first kappa shape index (κ1) is 45.2. The highest BCUT2D eigenvalue weighted by Crippen LogP contribution is 2.14. The average molecular weight is 774 g/mol. The van der Waals surface area contributed by atoms with Gasteiger partial charge in [0.1, 0.15) is 36.0 Å². The van der Waals surface area contributed by atoms with Gasteiger partial charge in [-0.05, 0) is 49.8 Å². The summed E-state index contributed by atoms with van der Waals surface area (Å²) >= 11 is 0. The van der Waals surface area contributed by atoms with Gasteiger partial charge in [-0.1, -0.05) is 31.9 Å². The minimum absolute atomic E-state index is 0.0180. The zero-order valence-electron chi connectivity index (χ0n) is 31.5. The van der Waals surface area contributed by atoms with Gasteiger partial charge in [0.15, 0.2) is 5.96 Å². The van der Waals surface area contributed by atoms with E-state index in [0.29, 0.717) is 24.2 Å². The number of carbonyl (C=O) groups is 8. The summed E-state index contributed by atoms with van der Waals surface area (Å²) in [6.45, 7) is 2.55. The molecule has 2 rings (SSSR count). The van der Waals surface area contributed by atoms with Crippen molar-refractivity contribution < 1.29 is 43.1 Å². The summed E-state index contributed by atoms with van der Waals surface area (Å²) in [4.78, 5) is 108. The molecule has 0 spiro atoms. The van der Waals surface area contributed by atoms with Gasteiger partial charge in [0.25, 0.3) is 0 Å². The highest BCUT2D eigenvalue weighted by Gasteiger charge is 2.31. The normalized spacial score (nSPS) is 21.0. The van der Waals surface area contributed by atoms with E-state index >= 15 is 0 Å². The van der Waals surface area contributed by atoms with Crippen LogP contribution in [0.2, 0.25) is 0 Å². The lowest BCUT2D eigenvalue weighted by molar-refractivity contribution is -0.134. The molecular formula is C35H55N11O9. The van der Waals surface area contributed by atoms with Gasteiger partial charge in [0.2, 0.25) is 47.3 Å². The number of primary amides is 1. The lowest BCUT2D eigenvalue weighted by atomic mass is 10.0. The molecule has 0 saturated carbocycles. The second kappa shape index (κ2) is 23.7. The number of nitrogens with two attached hydrogens (primary N) is 3. The fourth-order valence-corrected chi connectivity index (χ4v) is 5.53. The van der Waals surface area contributed by atoms with Crippen LogP contribution in [-0.4, -0.2) is 110 Å². The smallest absolute Gasteiger partial charge is 0.243 e. The summed E-state index contributed by atoms with van der Waals surface area (Å²) in [6.07, 6.45) is 1.26. The van der Waals surface area contributed by atoms with Gasteiger partial charge in [-0.15, -0.1) is 0 Å². The molecule has 3 unspecified atom stereocenters. The average Bonchev–Trinajstić information content (AvgIpc) is 3.13. The van der Waals surface area contributed by atoms with Crippen molar-refractivity contribution in [2.24, 2.45) is 22.2 Å². The van der Waals surface area contributed by atoms with E-state index < -0.39 is 84.0 Å². The van der Waals surface area contributed by atoms with E-state index in [2.05, 4.69) is 42.2 Å². The number of nitrogens with one attached hydrogen (secondary N) is 7. The van der Waals surface area contributed by atoms with Crippen LogP contribution in [0, 0.1) is 0 Å². The summed E-state index contributed by atoms with van der Waals surface area (Å²) in [6, 6.07) is 0.673. The van der Waals surface area contributed by atoms with Crippen molar-refractivity contribution in [1.29, 1.82) is 0 Å². The summed E-state index contributed by atoms with van der Waals surface area (Å²) in [5.41, 5.74) is 17.0. The van der Waals surface area contributed by atoms with Crippen LogP contribution in [0.4, 0.5) is 0 Å². The molecule has 1 aromatic carbocycles. The number of unbranched alkanes of at least 4 members (excludes halogenated alkanes) is 1. The molecule has 55 heavy (non-hydrogen) atoms. The summed E-state index contributed by atoms with van der Waals surface area (Å²) in [7, 11) is 1.49. The third kappa shape index (κ3) is 17.2. The number of hydrogen-bond acceptors (Lipinski definition) is 10. The summed E-state index contributed by atoms with van der Waals surface area (Å²) in [5, 5.41) is 18.0. The van der Waals surface area contributed by atoms with Crippen LogP contribution in [0.5, 0.6) is 5.75 Å². The van der Waals surface area contributed by atoms with Gasteiger partial charge in [-0.2, -0.15) is 0 Å². The first-order valence-corrected chi connectivity index (χ1v) is 18.1. The van der Waals surface area contributed by atoms with E-state index in [1.54, 1.807) is 24.3 Å². The van der Waals surface area contributed by atoms with E-state index in [9.17, 15) is 38.4 Å². The Kier molecular flexibility index (Phi) is 19.4. The number of methoxy groups -OCH3 is 1. The Labute approximate surface area is 319 Å². The number of benzene rings is 1. The molecule has 1 aromatic rings. The topological polar surface area (TPSA) is 320 Å². The molecule has 1 aliphatic heterocycles. The van der Waals surface area contributed by atoms with Crippen molar-refractivity contribution in [2.75, 3.05) is 26.7 Å². The molecule has 0 radical (unpaired) electrons. The van der Waals surface area contributed by atoms with Gasteiger partial charge in [-0.3, -0.25) is 43.3 Å². The minimum Gasteiger partial charge on any atom is -0.497 e. The van der Waals surface area contributed by atoms with Crippen LogP contribution in [-0.2, 0) is 44.8 Å². The second-order valence-electron chi connectivity index (χ2n) is 13.0. The van der Waals surface area contributed by atoms with Gasteiger partial charge < -0.3 is 59.2 Å². The monoisotopic (exact) mass is 773 g/mol. The number of carbonyl (C=O) groups excluding carboxylic acids is 8. The van der Waals surface area contributed by atoms with Crippen molar-refractivity contribution in [2.45, 2.75) is 102 Å². The fraction of sp³-hybridized carbons (Fsp3) is 0.571.